The Hall–Kier alpha value is -1.23. The maximum atomic E-state index is 11.9. The predicted octanol–water partition coefficient (Wildman–Crippen LogP) is 5.80. The summed E-state index contributed by atoms with van der Waals surface area (Å²) < 4.78 is 25.4. The second-order valence-corrected chi connectivity index (χ2v) is 14.7. The minimum atomic E-state index is -2.08. The van der Waals surface area contributed by atoms with E-state index in [1.54, 1.807) is 0 Å². The molecule has 0 bridgehead atoms. The van der Waals surface area contributed by atoms with Gasteiger partial charge in [-0.15, -0.1) is 0 Å². The Labute approximate surface area is 207 Å². The van der Waals surface area contributed by atoms with Crippen molar-refractivity contribution in [1.82, 2.24) is 0 Å². The van der Waals surface area contributed by atoms with Crippen molar-refractivity contribution in [2.24, 2.45) is 0 Å². The summed E-state index contributed by atoms with van der Waals surface area (Å²) in [6.45, 7) is 14.0. The van der Waals surface area contributed by atoms with Crippen LogP contribution in [0.3, 0.4) is 0 Å². The van der Waals surface area contributed by atoms with E-state index in [0.29, 0.717) is 13.0 Å². The molecular formula is C24H37IO6Si. The highest BCUT2D eigenvalue weighted by molar-refractivity contribution is 14.1. The number of hydrogen-bond donors (Lipinski definition) is 0. The molecule has 0 saturated carbocycles. The fourth-order valence-corrected chi connectivity index (χ4v) is 4.57. The molecule has 1 aromatic carbocycles. The van der Waals surface area contributed by atoms with Crippen molar-refractivity contribution >= 4 is 42.8 Å². The molecule has 6 nitrogen and oxygen atoms in total. The van der Waals surface area contributed by atoms with Crippen LogP contribution in [0, 0.1) is 0 Å². The molecule has 0 aliphatic carbocycles. The first-order valence-corrected chi connectivity index (χ1v) is 14.9. The summed E-state index contributed by atoms with van der Waals surface area (Å²) in [6.07, 6.45) is 0.581. The molecule has 0 saturated heterocycles. The molecule has 0 fully saturated rings. The van der Waals surface area contributed by atoms with Gasteiger partial charge in [-0.1, -0.05) is 79.8 Å². The lowest BCUT2D eigenvalue weighted by Crippen LogP contribution is -2.46. The summed E-state index contributed by atoms with van der Waals surface area (Å²) in [5, 5.41) is 0.0232. The van der Waals surface area contributed by atoms with E-state index in [4.69, 9.17) is 18.6 Å². The van der Waals surface area contributed by atoms with Crippen LogP contribution in [0.2, 0.25) is 18.1 Å². The summed E-state index contributed by atoms with van der Waals surface area (Å²) >= 11 is 2.15. The van der Waals surface area contributed by atoms with Crippen molar-refractivity contribution in [3.05, 3.63) is 46.1 Å². The molecule has 1 rings (SSSR count). The Morgan fingerprint density at radius 2 is 1.59 bits per heavy atom. The molecule has 0 aliphatic heterocycles. The van der Waals surface area contributed by atoms with Gasteiger partial charge in [0.2, 0.25) is 0 Å². The molecule has 1 aromatic rings. The molecule has 0 heterocycles. The number of ether oxygens (including phenoxy) is 3. The van der Waals surface area contributed by atoms with Crippen LogP contribution >= 0.6 is 22.6 Å². The minimum absolute atomic E-state index is 0.0232. The molecule has 0 aliphatic rings. The van der Waals surface area contributed by atoms with Gasteiger partial charge in [0, 0.05) is 20.3 Å². The predicted molar refractivity (Wildman–Crippen MR) is 137 cm³/mol. The number of benzene rings is 1. The van der Waals surface area contributed by atoms with Crippen LogP contribution < -0.4 is 0 Å². The summed E-state index contributed by atoms with van der Waals surface area (Å²) in [5.74, 6) is -0.901. The normalized spacial score (nSPS) is 15.2. The lowest BCUT2D eigenvalue weighted by molar-refractivity contribution is -0.172. The van der Waals surface area contributed by atoms with E-state index in [9.17, 15) is 9.59 Å². The number of carbonyl (C=O) groups is 2. The van der Waals surface area contributed by atoms with Crippen molar-refractivity contribution in [3.8, 4) is 0 Å². The van der Waals surface area contributed by atoms with Crippen LogP contribution in [0.5, 0.6) is 0 Å². The summed E-state index contributed by atoms with van der Waals surface area (Å²) in [6, 6.07) is 9.72. The Bertz CT molecular complexity index is 745. The Morgan fingerprint density at radius 3 is 2.09 bits per heavy atom. The quantitative estimate of drug-likeness (QED) is 0.178. The standard InChI is InChI=1S/C24H37IO6Si/c1-18(26)29-22(15-21(13-14-25)31-32(6,7)24(3,4)5)23(30-19(2)27)17-28-16-20-11-9-8-10-12-20/h8-14,21-23H,15-17H2,1-7H3/b14-13+/t21-,22+,23+/m0/s1. The lowest BCUT2D eigenvalue weighted by atomic mass is 10.1. The number of rotatable bonds is 12. The van der Waals surface area contributed by atoms with E-state index in [2.05, 4.69) is 56.5 Å². The lowest BCUT2D eigenvalue weighted by Gasteiger charge is -2.39. The van der Waals surface area contributed by atoms with Crippen molar-refractivity contribution in [1.29, 1.82) is 0 Å². The molecule has 8 heteroatoms. The maximum Gasteiger partial charge on any atom is 0.303 e. The number of carbonyl (C=O) groups excluding carboxylic acids is 2. The van der Waals surface area contributed by atoms with E-state index in [0.717, 1.165) is 5.56 Å². The molecule has 32 heavy (non-hydrogen) atoms. The largest absolute Gasteiger partial charge is 0.458 e. The fraction of sp³-hybridized carbons (Fsp3) is 0.583. The number of hydrogen-bond acceptors (Lipinski definition) is 6. The highest BCUT2D eigenvalue weighted by atomic mass is 127. The van der Waals surface area contributed by atoms with Gasteiger partial charge in [-0.05, 0) is 27.8 Å². The first-order valence-electron chi connectivity index (χ1n) is 10.8. The van der Waals surface area contributed by atoms with Crippen LogP contribution in [-0.4, -0.2) is 45.2 Å². The minimum Gasteiger partial charge on any atom is -0.458 e. The zero-order valence-electron chi connectivity index (χ0n) is 20.2. The smallest absolute Gasteiger partial charge is 0.303 e. The summed E-state index contributed by atoms with van der Waals surface area (Å²) in [7, 11) is -2.08. The van der Waals surface area contributed by atoms with Gasteiger partial charge in [0.05, 0.1) is 19.3 Å². The summed E-state index contributed by atoms with van der Waals surface area (Å²) in [5.41, 5.74) is 1.00. The molecular weight excluding hydrogens is 539 g/mol. The molecule has 0 spiro atoms. The Morgan fingerprint density at radius 1 is 1.03 bits per heavy atom. The van der Waals surface area contributed by atoms with Crippen molar-refractivity contribution in [3.63, 3.8) is 0 Å². The van der Waals surface area contributed by atoms with E-state index in [1.807, 2.05) is 40.5 Å². The fourth-order valence-electron chi connectivity index (χ4n) is 2.82. The van der Waals surface area contributed by atoms with Gasteiger partial charge >= 0.3 is 11.9 Å². The van der Waals surface area contributed by atoms with Gasteiger partial charge in [-0.2, -0.15) is 0 Å². The van der Waals surface area contributed by atoms with Gasteiger partial charge in [0.1, 0.15) is 6.10 Å². The maximum absolute atomic E-state index is 11.9. The van der Waals surface area contributed by atoms with Crippen LogP contribution in [0.1, 0.15) is 46.6 Å². The number of halogens is 1. The van der Waals surface area contributed by atoms with E-state index in [-0.39, 0.29) is 17.7 Å². The zero-order valence-corrected chi connectivity index (χ0v) is 23.4. The third-order valence-electron chi connectivity index (χ3n) is 5.45. The number of esters is 2. The first kappa shape index (κ1) is 28.8. The topological polar surface area (TPSA) is 71.1 Å². The monoisotopic (exact) mass is 576 g/mol. The second-order valence-electron chi connectivity index (χ2n) is 9.27. The Balaban J connectivity index is 3.02. The summed E-state index contributed by atoms with van der Waals surface area (Å²) in [4.78, 5) is 23.7. The van der Waals surface area contributed by atoms with Crippen molar-refractivity contribution in [2.45, 2.75) is 84.1 Å². The molecule has 0 radical (unpaired) electrons. The molecule has 0 unspecified atom stereocenters. The van der Waals surface area contributed by atoms with Gasteiger partial charge in [-0.25, -0.2) is 0 Å². The molecule has 180 valence electrons. The molecule has 0 amide bonds. The van der Waals surface area contributed by atoms with Gasteiger partial charge in [0.15, 0.2) is 14.4 Å². The highest BCUT2D eigenvalue weighted by Crippen LogP contribution is 2.38. The van der Waals surface area contributed by atoms with Crippen LogP contribution in [-0.2, 0) is 34.8 Å². The second kappa shape index (κ2) is 13.5. The van der Waals surface area contributed by atoms with Gasteiger partial charge in [-0.3, -0.25) is 9.59 Å². The Kier molecular flexibility index (Phi) is 12.1. The molecule has 3 atom stereocenters. The van der Waals surface area contributed by atoms with Gasteiger partial charge in [0.25, 0.3) is 0 Å². The van der Waals surface area contributed by atoms with Crippen LogP contribution in [0.15, 0.2) is 40.5 Å². The molecule has 0 aromatic heterocycles. The highest BCUT2D eigenvalue weighted by Gasteiger charge is 2.40. The van der Waals surface area contributed by atoms with E-state index < -0.39 is 32.5 Å². The third-order valence-corrected chi connectivity index (χ3v) is 10.4. The van der Waals surface area contributed by atoms with Crippen molar-refractivity contribution in [2.75, 3.05) is 6.61 Å². The third kappa shape index (κ3) is 10.6. The van der Waals surface area contributed by atoms with E-state index >= 15 is 0 Å². The zero-order chi connectivity index (χ0) is 24.4. The van der Waals surface area contributed by atoms with E-state index in [1.165, 1.54) is 13.8 Å². The van der Waals surface area contributed by atoms with Crippen LogP contribution in [0.4, 0.5) is 0 Å². The van der Waals surface area contributed by atoms with Crippen LogP contribution in [0.25, 0.3) is 0 Å². The molecule has 0 N–H and O–H groups in total. The first-order chi connectivity index (χ1) is 14.9. The average molecular weight is 577 g/mol. The van der Waals surface area contributed by atoms with Crippen molar-refractivity contribution < 1.29 is 28.2 Å². The van der Waals surface area contributed by atoms with Gasteiger partial charge < -0.3 is 18.6 Å². The SMILES string of the molecule is CC(=O)O[C@H](COCc1ccccc1)[C@@H](C[C@H](/C=C/I)O[Si](C)(C)C(C)(C)C)OC(C)=O. The average Bonchev–Trinajstić information content (AvgIpc) is 2.66.